The number of ether oxygens (including phenoxy) is 1. The highest BCUT2D eigenvalue weighted by Crippen LogP contribution is 2.20. The van der Waals surface area contributed by atoms with Gasteiger partial charge in [0, 0.05) is 21.6 Å². The van der Waals surface area contributed by atoms with Crippen molar-refractivity contribution in [3.8, 4) is 0 Å². The molecule has 1 heterocycles. The van der Waals surface area contributed by atoms with Gasteiger partial charge in [0.25, 0.3) is 0 Å². The lowest BCUT2D eigenvalue weighted by atomic mass is 10.2. The first kappa shape index (κ1) is 13.2. The molecule has 0 saturated heterocycles. The summed E-state index contributed by atoms with van der Waals surface area (Å²) < 4.78 is 4.64. The quantitative estimate of drug-likeness (QED) is 0.528. The largest absolute Gasteiger partial charge is 0.542 e. The van der Waals surface area contributed by atoms with Crippen molar-refractivity contribution in [2.24, 2.45) is 0 Å². The third kappa shape index (κ3) is 3.17. The van der Waals surface area contributed by atoms with Crippen LogP contribution >= 0.6 is 11.6 Å². The molecule has 0 amide bonds. The summed E-state index contributed by atoms with van der Waals surface area (Å²) in [5, 5.41) is 12.2. The average Bonchev–Trinajstić information content (AvgIpc) is 2.75. The number of aromatic nitrogens is 1. The molecule has 2 rings (SSSR count). The van der Waals surface area contributed by atoms with Crippen LogP contribution in [-0.2, 0) is 9.53 Å². The molecule has 1 aromatic heterocycles. The van der Waals surface area contributed by atoms with Gasteiger partial charge in [0.2, 0.25) is 0 Å². The normalized spacial score (nSPS) is 12.2. The number of aromatic amines is 1. The van der Waals surface area contributed by atoms with Gasteiger partial charge in [-0.1, -0.05) is 17.7 Å². The van der Waals surface area contributed by atoms with Gasteiger partial charge in [0.05, 0.1) is 7.11 Å². The van der Waals surface area contributed by atoms with E-state index in [1.807, 2.05) is 18.2 Å². The lowest BCUT2D eigenvalue weighted by Gasteiger charge is -2.04. The highest BCUT2D eigenvalue weighted by Gasteiger charge is 1.98. The smallest absolute Gasteiger partial charge is 0.141 e. The molecule has 5 heteroatoms. The van der Waals surface area contributed by atoms with Crippen LogP contribution in [0.2, 0.25) is 5.02 Å². The maximum Gasteiger partial charge on any atom is 0.141 e. The Morgan fingerprint density at radius 2 is 2.21 bits per heavy atom. The highest BCUT2D eigenvalue weighted by molar-refractivity contribution is 6.31. The Labute approximate surface area is 115 Å². The van der Waals surface area contributed by atoms with Crippen molar-refractivity contribution >= 4 is 34.5 Å². The fraction of sp³-hybridized carbons (Fsp3) is 0.0714. The molecule has 0 aliphatic rings. The number of carbonyl (C=O) groups is 1. The van der Waals surface area contributed by atoms with Crippen LogP contribution in [0.5, 0.6) is 0 Å². The van der Waals surface area contributed by atoms with Gasteiger partial charge in [-0.05, 0) is 36.4 Å². The van der Waals surface area contributed by atoms with Crippen molar-refractivity contribution in [3.63, 3.8) is 0 Å². The number of aliphatic carboxylic acids is 1. The van der Waals surface area contributed by atoms with Crippen LogP contribution in [0.4, 0.5) is 0 Å². The third-order valence-corrected chi connectivity index (χ3v) is 2.78. The van der Waals surface area contributed by atoms with Crippen molar-refractivity contribution in [2.75, 3.05) is 7.11 Å². The number of hydrogen-bond donors (Lipinski definition) is 1. The molecule has 0 spiro atoms. The van der Waals surface area contributed by atoms with Crippen molar-refractivity contribution < 1.29 is 14.6 Å². The molecule has 0 fully saturated rings. The molecule has 0 radical (unpaired) electrons. The maximum absolute atomic E-state index is 10.6. The molecular weight excluding hydrogens is 266 g/mol. The SMILES string of the molecule is CO/C(=C\C=C\c1cc2cc(Cl)ccc2[nH]1)C(=O)[O-]. The number of carboxylic acid groups (broad SMARTS) is 1. The summed E-state index contributed by atoms with van der Waals surface area (Å²) >= 11 is 5.90. The minimum atomic E-state index is -1.35. The van der Waals surface area contributed by atoms with Crippen molar-refractivity contribution in [3.05, 3.63) is 52.9 Å². The predicted molar refractivity (Wildman–Crippen MR) is 72.4 cm³/mol. The monoisotopic (exact) mass is 276 g/mol. The van der Waals surface area contributed by atoms with Crippen molar-refractivity contribution in [1.29, 1.82) is 0 Å². The first-order valence-electron chi connectivity index (χ1n) is 5.52. The predicted octanol–water partition coefficient (Wildman–Crippen LogP) is 2.11. The Balaban J connectivity index is 2.24. The van der Waals surface area contributed by atoms with E-state index < -0.39 is 5.97 Å². The molecule has 0 aliphatic heterocycles. The van der Waals surface area contributed by atoms with Gasteiger partial charge in [-0.15, -0.1) is 0 Å². The van der Waals surface area contributed by atoms with Crippen molar-refractivity contribution in [1.82, 2.24) is 4.98 Å². The Kier molecular flexibility index (Phi) is 3.92. The minimum absolute atomic E-state index is 0.226. The van der Waals surface area contributed by atoms with E-state index >= 15 is 0 Å². The van der Waals surface area contributed by atoms with Crippen LogP contribution in [0, 0.1) is 0 Å². The van der Waals surface area contributed by atoms with Gasteiger partial charge in [-0.2, -0.15) is 0 Å². The van der Waals surface area contributed by atoms with E-state index in [1.54, 1.807) is 18.2 Å². The summed E-state index contributed by atoms with van der Waals surface area (Å²) in [7, 11) is 1.28. The van der Waals surface area contributed by atoms with Gasteiger partial charge >= 0.3 is 0 Å². The van der Waals surface area contributed by atoms with Gasteiger partial charge in [-0.25, -0.2) is 0 Å². The van der Waals surface area contributed by atoms with Crippen LogP contribution in [-0.4, -0.2) is 18.1 Å². The number of fused-ring (bicyclic) bond motifs is 1. The summed E-state index contributed by atoms with van der Waals surface area (Å²) in [4.78, 5) is 13.8. The van der Waals surface area contributed by atoms with Crippen LogP contribution in [0.25, 0.3) is 17.0 Å². The van der Waals surface area contributed by atoms with E-state index in [1.165, 1.54) is 13.2 Å². The van der Waals surface area contributed by atoms with Gasteiger partial charge in [0.15, 0.2) is 0 Å². The lowest BCUT2D eigenvalue weighted by molar-refractivity contribution is -0.302. The number of hydrogen-bond acceptors (Lipinski definition) is 3. The molecule has 1 N–H and O–H groups in total. The summed E-state index contributed by atoms with van der Waals surface area (Å²) in [6.45, 7) is 0. The second-order valence-corrected chi connectivity index (χ2v) is 4.27. The molecule has 0 saturated carbocycles. The average molecular weight is 277 g/mol. The fourth-order valence-corrected chi connectivity index (χ4v) is 1.85. The first-order valence-corrected chi connectivity index (χ1v) is 5.90. The third-order valence-electron chi connectivity index (χ3n) is 2.55. The zero-order valence-electron chi connectivity index (χ0n) is 10.1. The van der Waals surface area contributed by atoms with E-state index in [0.29, 0.717) is 5.02 Å². The van der Waals surface area contributed by atoms with Crippen LogP contribution in [0.1, 0.15) is 5.69 Å². The lowest BCUT2D eigenvalue weighted by Crippen LogP contribution is -2.25. The van der Waals surface area contributed by atoms with E-state index in [-0.39, 0.29) is 5.76 Å². The molecule has 19 heavy (non-hydrogen) atoms. The number of carboxylic acids is 1. The Morgan fingerprint density at radius 3 is 2.89 bits per heavy atom. The van der Waals surface area contributed by atoms with Crippen LogP contribution in [0.15, 0.2) is 42.2 Å². The molecular formula is C14H11ClNO3-. The molecule has 4 nitrogen and oxygen atoms in total. The zero-order chi connectivity index (χ0) is 13.8. The van der Waals surface area contributed by atoms with Crippen LogP contribution < -0.4 is 5.11 Å². The molecule has 2 aromatic rings. The van der Waals surface area contributed by atoms with Crippen molar-refractivity contribution in [2.45, 2.75) is 0 Å². The number of carbonyl (C=O) groups excluding carboxylic acids is 1. The van der Waals surface area contributed by atoms with Gasteiger partial charge in [0.1, 0.15) is 11.7 Å². The van der Waals surface area contributed by atoms with E-state index in [2.05, 4.69) is 9.72 Å². The summed E-state index contributed by atoms with van der Waals surface area (Å²) in [5.74, 6) is -1.58. The molecule has 98 valence electrons. The van der Waals surface area contributed by atoms with Gasteiger partial charge in [-0.3, -0.25) is 0 Å². The number of halogens is 1. The first-order chi connectivity index (χ1) is 9.10. The summed E-state index contributed by atoms with van der Waals surface area (Å²) in [6, 6.07) is 7.44. The highest BCUT2D eigenvalue weighted by atomic mass is 35.5. The zero-order valence-corrected chi connectivity index (χ0v) is 10.9. The Bertz CT molecular complexity index is 670. The summed E-state index contributed by atoms with van der Waals surface area (Å²) in [5.41, 5.74) is 1.79. The topological polar surface area (TPSA) is 65.2 Å². The number of benzene rings is 1. The second-order valence-electron chi connectivity index (χ2n) is 3.84. The van der Waals surface area contributed by atoms with E-state index in [0.717, 1.165) is 16.6 Å². The molecule has 0 unspecified atom stereocenters. The molecule has 0 bridgehead atoms. The minimum Gasteiger partial charge on any atom is -0.542 e. The second kappa shape index (κ2) is 5.63. The molecule has 0 atom stereocenters. The van der Waals surface area contributed by atoms with Crippen LogP contribution in [0.3, 0.4) is 0 Å². The van der Waals surface area contributed by atoms with Gasteiger partial charge < -0.3 is 19.6 Å². The fourth-order valence-electron chi connectivity index (χ4n) is 1.67. The number of nitrogens with one attached hydrogen (secondary N) is 1. The standard InChI is InChI=1S/C14H12ClNO3/c1-19-13(14(17)18)4-2-3-11-8-9-7-10(15)5-6-12(9)16-11/h2-8,16H,1H3,(H,17,18)/p-1/b3-2+,13-4-. The number of H-pyrrole nitrogens is 1. The summed E-state index contributed by atoms with van der Waals surface area (Å²) in [6.07, 6.45) is 4.63. The number of methoxy groups -OCH3 is 1. The number of allylic oxidation sites excluding steroid dienone is 2. The number of rotatable bonds is 4. The van der Waals surface area contributed by atoms with E-state index in [4.69, 9.17) is 11.6 Å². The molecule has 1 aromatic carbocycles. The Morgan fingerprint density at radius 1 is 1.42 bits per heavy atom. The Hall–Kier alpha value is -2.20. The van der Waals surface area contributed by atoms with E-state index in [9.17, 15) is 9.90 Å². The molecule has 0 aliphatic carbocycles. The maximum atomic E-state index is 10.6.